The van der Waals surface area contributed by atoms with Gasteiger partial charge in [-0.15, -0.1) is 0 Å². The zero-order chi connectivity index (χ0) is 9.90. The Bertz CT molecular complexity index is 283. The van der Waals surface area contributed by atoms with Crippen molar-refractivity contribution < 1.29 is 17.4 Å². The third-order valence-electron chi connectivity index (χ3n) is 1.79. The second-order valence-electron chi connectivity index (χ2n) is 2.79. The maximum absolute atomic E-state index is 11.1. The summed E-state index contributed by atoms with van der Waals surface area (Å²) < 4.78 is 24.8. The number of likely N-dealkylation sites (tertiary alicyclic amines) is 1. The van der Waals surface area contributed by atoms with Crippen LogP contribution in [0.4, 0.5) is 4.79 Å². The van der Waals surface area contributed by atoms with Gasteiger partial charge in [-0.3, -0.25) is 0 Å². The molecule has 0 N–H and O–H groups in total. The predicted octanol–water partition coefficient (Wildman–Crippen LogP) is 1.09. The third-order valence-corrected chi connectivity index (χ3v) is 2.32. The summed E-state index contributed by atoms with van der Waals surface area (Å²) in [5.74, 6) is 0. The molecule has 1 aliphatic rings. The van der Waals surface area contributed by atoms with Crippen molar-refractivity contribution in [1.29, 1.82) is 0 Å². The second kappa shape index (κ2) is 4.15. The monoisotopic (exact) mass is 227 g/mol. The van der Waals surface area contributed by atoms with Crippen LogP contribution in [-0.2, 0) is 13.5 Å². The quantitative estimate of drug-likeness (QED) is 0.629. The predicted molar refractivity (Wildman–Crippen MR) is 46.7 cm³/mol. The molecule has 13 heavy (non-hydrogen) atoms. The van der Waals surface area contributed by atoms with Crippen molar-refractivity contribution in [2.45, 2.75) is 19.3 Å². The zero-order valence-corrected chi connectivity index (χ0v) is 8.47. The minimum atomic E-state index is -4.19. The SMILES string of the molecule is O=C(OS(=O)(=O)Cl)N1CCCCC1. The summed E-state index contributed by atoms with van der Waals surface area (Å²) in [5.41, 5.74) is 0. The first kappa shape index (κ1) is 10.6. The molecule has 1 aliphatic heterocycles. The van der Waals surface area contributed by atoms with E-state index in [2.05, 4.69) is 4.18 Å². The summed E-state index contributed by atoms with van der Waals surface area (Å²) in [4.78, 5) is 12.4. The first-order valence-electron chi connectivity index (χ1n) is 3.92. The normalized spacial score (nSPS) is 18.4. The number of rotatable bonds is 1. The van der Waals surface area contributed by atoms with Gasteiger partial charge in [-0.05, 0) is 19.3 Å². The highest BCUT2D eigenvalue weighted by atomic mass is 35.7. The number of carbonyl (C=O) groups excluding carboxylic acids is 1. The van der Waals surface area contributed by atoms with Gasteiger partial charge in [0.2, 0.25) is 0 Å². The van der Waals surface area contributed by atoms with Gasteiger partial charge in [-0.1, -0.05) is 0 Å². The minimum Gasteiger partial charge on any atom is -0.316 e. The Balaban J connectivity index is 2.47. The topological polar surface area (TPSA) is 63.7 Å². The maximum atomic E-state index is 11.1. The van der Waals surface area contributed by atoms with E-state index in [1.54, 1.807) is 0 Å². The van der Waals surface area contributed by atoms with Gasteiger partial charge in [0.05, 0.1) is 10.7 Å². The van der Waals surface area contributed by atoms with Gasteiger partial charge in [0, 0.05) is 13.1 Å². The first-order chi connectivity index (χ1) is 5.99. The van der Waals surface area contributed by atoms with Gasteiger partial charge in [0.15, 0.2) is 0 Å². The average Bonchev–Trinajstić information content (AvgIpc) is 2.03. The van der Waals surface area contributed by atoms with Crippen molar-refractivity contribution in [3.05, 3.63) is 0 Å². The molecule has 0 bridgehead atoms. The largest absolute Gasteiger partial charge is 0.426 e. The number of hydrogen-bond donors (Lipinski definition) is 0. The van der Waals surface area contributed by atoms with Crippen LogP contribution in [0.1, 0.15) is 19.3 Å². The molecule has 1 heterocycles. The van der Waals surface area contributed by atoms with Crippen molar-refractivity contribution in [1.82, 2.24) is 4.90 Å². The summed E-state index contributed by atoms with van der Waals surface area (Å²) in [6.07, 6.45) is 1.92. The van der Waals surface area contributed by atoms with Crippen molar-refractivity contribution in [3.63, 3.8) is 0 Å². The fourth-order valence-electron chi connectivity index (χ4n) is 1.21. The lowest BCUT2D eigenvalue weighted by molar-refractivity contribution is 0.146. The highest BCUT2D eigenvalue weighted by Gasteiger charge is 2.22. The van der Waals surface area contributed by atoms with Gasteiger partial charge in [0.1, 0.15) is 0 Å². The van der Waals surface area contributed by atoms with E-state index in [0.29, 0.717) is 13.1 Å². The molecule has 0 aromatic rings. The van der Waals surface area contributed by atoms with E-state index in [-0.39, 0.29) is 0 Å². The molecule has 0 atom stereocenters. The molecular formula is C6H10ClNO4S. The Hall–Kier alpha value is -0.490. The number of carbonyl (C=O) groups is 1. The van der Waals surface area contributed by atoms with Crippen molar-refractivity contribution in [2.75, 3.05) is 13.1 Å². The Morgan fingerprint density at radius 1 is 1.23 bits per heavy atom. The summed E-state index contributed by atoms with van der Waals surface area (Å²) in [5, 5.41) is 0. The molecule has 1 fully saturated rings. The average molecular weight is 228 g/mol. The lowest BCUT2D eigenvalue weighted by atomic mass is 10.1. The molecule has 0 aliphatic carbocycles. The fourth-order valence-corrected chi connectivity index (χ4v) is 1.65. The summed E-state index contributed by atoms with van der Waals surface area (Å²) in [7, 11) is 0.558. The van der Waals surface area contributed by atoms with Gasteiger partial charge in [-0.25, -0.2) is 4.79 Å². The van der Waals surface area contributed by atoms with Crippen molar-refractivity contribution in [2.24, 2.45) is 0 Å². The molecule has 0 spiro atoms. The highest BCUT2D eigenvalue weighted by Crippen LogP contribution is 2.11. The minimum absolute atomic E-state index is 0.533. The first-order valence-corrected chi connectivity index (χ1v) is 6.15. The summed E-state index contributed by atoms with van der Waals surface area (Å²) in [6.45, 7) is 1.07. The molecule has 1 rings (SSSR count). The van der Waals surface area contributed by atoms with Crippen LogP contribution in [-0.4, -0.2) is 32.5 Å². The van der Waals surface area contributed by atoms with Crippen LogP contribution < -0.4 is 0 Å². The van der Waals surface area contributed by atoms with Crippen LogP contribution in [0, 0.1) is 0 Å². The zero-order valence-electron chi connectivity index (χ0n) is 6.90. The number of halogens is 1. The molecule has 1 saturated heterocycles. The Kier molecular flexibility index (Phi) is 3.38. The van der Waals surface area contributed by atoms with Crippen molar-refractivity contribution >= 4 is 26.1 Å². The van der Waals surface area contributed by atoms with E-state index in [4.69, 9.17) is 10.7 Å². The van der Waals surface area contributed by atoms with Crippen LogP contribution in [0.2, 0.25) is 0 Å². The molecule has 0 aromatic heterocycles. The van der Waals surface area contributed by atoms with E-state index in [1.807, 2.05) is 0 Å². The van der Waals surface area contributed by atoms with Crippen LogP contribution in [0.15, 0.2) is 0 Å². The van der Waals surface area contributed by atoms with Crippen LogP contribution in [0.25, 0.3) is 0 Å². The second-order valence-corrected chi connectivity index (χ2v) is 4.88. The molecule has 0 aromatic carbocycles. The Labute approximate surface area is 81.2 Å². The number of nitrogens with zero attached hydrogens (tertiary/aromatic N) is 1. The van der Waals surface area contributed by atoms with E-state index >= 15 is 0 Å². The molecule has 0 radical (unpaired) electrons. The van der Waals surface area contributed by atoms with E-state index in [9.17, 15) is 13.2 Å². The molecule has 76 valence electrons. The highest BCUT2D eigenvalue weighted by molar-refractivity contribution is 8.10. The standard InChI is InChI=1S/C6H10ClNO4S/c7-13(10,11)12-6(9)8-4-2-1-3-5-8/h1-5H2. The lowest BCUT2D eigenvalue weighted by Gasteiger charge is -2.24. The molecular weight excluding hydrogens is 218 g/mol. The number of hydrogen-bond acceptors (Lipinski definition) is 4. The third kappa shape index (κ3) is 3.82. The van der Waals surface area contributed by atoms with Gasteiger partial charge < -0.3 is 9.08 Å². The van der Waals surface area contributed by atoms with E-state index in [0.717, 1.165) is 19.3 Å². The lowest BCUT2D eigenvalue weighted by Crippen LogP contribution is -2.36. The smallest absolute Gasteiger partial charge is 0.316 e. The Morgan fingerprint density at radius 3 is 2.23 bits per heavy atom. The summed E-state index contributed by atoms with van der Waals surface area (Å²) in [6, 6.07) is 0. The van der Waals surface area contributed by atoms with Gasteiger partial charge >= 0.3 is 15.4 Å². The molecule has 0 saturated carbocycles. The fraction of sp³-hybridized carbons (Fsp3) is 0.833. The van der Waals surface area contributed by atoms with Crippen molar-refractivity contribution in [3.8, 4) is 0 Å². The summed E-state index contributed by atoms with van der Waals surface area (Å²) >= 11 is 0. The number of amides is 1. The Morgan fingerprint density at radius 2 is 1.77 bits per heavy atom. The number of piperidine rings is 1. The maximum Gasteiger partial charge on any atom is 0.426 e. The molecule has 5 nitrogen and oxygen atoms in total. The van der Waals surface area contributed by atoms with Gasteiger partial charge in [0.25, 0.3) is 0 Å². The van der Waals surface area contributed by atoms with E-state index in [1.165, 1.54) is 4.90 Å². The van der Waals surface area contributed by atoms with Gasteiger partial charge in [-0.2, -0.15) is 8.42 Å². The van der Waals surface area contributed by atoms with Crippen LogP contribution in [0.5, 0.6) is 0 Å². The molecule has 0 unspecified atom stereocenters. The van der Waals surface area contributed by atoms with Crippen LogP contribution in [0.3, 0.4) is 0 Å². The van der Waals surface area contributed by atoms with E-state index < -0.39 is 15.4 Å². The van der Waals surface area contributed by atoms with Crippen LogP contribution >= 0.6 is 10.7 Å². The molecule has 7 heteroatoms. The molecule has 1 amide bonds.